The van der Waals surface area contributed by atoms with Gasteiger partial charge in [-0.05, 0) is 37.3 Å². The third-order valence-electron chi connectivity index (χ3n) is 4.00. The highest BCUT2D eigenvalue weighted by molar-refractivity contribution is 7.89. The van der Waals surface area contributed by atoms with Crippen LogP contribution in [-0.4, -0.2) is 52.7 Å². The summed E-state index contributed by atoms with van der Waals surface area (Å²) in [6, 6.07) is 3.40. The predicted molar refractivity (Wildman–Crippen MR) is 77.1 cm³/mol. The molecule has 0 radical (unpaired) electrons. The number of aliphatic hydroxyl groups excluding tert-OH is 1. The smallest absolute Gasteiger partial charge is 0.263 e. The fraction of sp³-hybridized carbons (Fsp3) is 0.538. The molecule has 0 atom stereocenters. The van der Waals surface area contributed by atoms with E-state index >= 15 is 0 Å². The van der Waals surface area contributed by atoms with Crippen LogP contribution in [-0.2, 0) is 10.0 Å². The summed E-state index contributed by atoms with van der Waals surface area (Å²) in [5, 5.41) is 16.1. The average molecular weight is 310 g/mol. The minimum absolute atomic E-state index is 0.0474. The van der Waals surface area contributed by atoms with Gasteiger partial charge in [-0.15, -0.1) is 0 Å². The molecule has 1 fully saturated rings. The summed E-state index contributed by atoms with van der Waals surface area (Å²) in [4.78, 5) is 4.07. The Hall–Kier alpha value is -1.51. The van der Waals surface area contributed by atoms with Crippen molar-refractivity contribution in [2.24, 2.45) is 5.92 Å². The Morgan fingerprint density at radius 1 is 1.38 bits per heavy atom. The number of aromatic amines is 1. The second kappa shape index (κ2) is 5.70. The zero-order valence-electron chi connectivity index (χ0n) is 11.6. The maximum absolute atomic E-state index is 12.7. The summed E-state index contributed by atoms with van der Waals surface area (Å²) in [5.74, 6) is 0.402. The summed E-state index contributed by atoms with van der Waals surface area (Å²) >= 11 is 0. The van der Waals surface area contributed by atoms with E-state index < -0.39 is 10.0 Å². The van der Waals surface area contributed by atoms with Gasteiger partial charge in [-0.3, -0.25) is 5.10 Å². The summed E-state index contributed by atoms with van der Waals surface area (Å²) in [6.45, 7) is 1.11. The Morgan fingerprint density at radius 2 is 2.14 bits per heavy atom. The van der Waals surface area contributed by atoms with E-state index in [0.717, 1.165) is 19.3 Å². The van der Waals surface area contributed by atoms with E-state index in [1.165, 1.54) is 4.31 Å². The summed E-state index contributed by atoms with van der Waals surface area (Å²) < 4.78 is 26.9. The molecule has 0 aliphatic carbocycles. The molecule has 0 saturated carbocycles. The minimum atomic E-state index is -3.60. The molecule has 2 N–H and O–H groups in total. The largest absolute Gasteiger partial charge is 0.396 e. The monoisotopic (exact) mass is 310 g/mol. The van der Waals surface area contributed by atoms with E-state index in [4.69, 9.17) is 5.11 Å². The number of nitrogens with zero attached hydrogens (tertiary/aromatic N) is 3. The summed E-state index contributed by atoms with van der Waals surface area (Å²) in [5.41, 5.74) is 0.478. The lowest BCUT2D eigenvalue weighted by Crippen LogP contribution is -2.38. The van der Waals surface area contributed by atoms with Crippen molar-refractivity contribution in [1.29, 1.82) is 0 Å². The lowest BCUT2D eigenvalue weighted by Gasteiger charge is -2.30. The molecule has 0 spiro atoms. The molecular formula is C13H18N4O3S. The van der Waals surface area contributed by atoms with E-state index in [2.05, 4.69) is 15.2 Å². The molecule has 3 heterocycles. The number of pyridine rings is 1. The number of aromatic nitrogens is 3. The third-order valence-corrected chi connectivity index (χ3v) is 5.84. The lowest BCUT2D eigenvalue weighted by atomic mass is 9.95. The van der Waals surface area contributed by atoms with Crippen molar-refractivity contribution in [3.63, 3.8) is 0 Å². The second-order valence-electron chi connectivity index (χ2n) is 5.29. The fourth-order valence-electron chi connectivity index (χ4n) is 2.77. The van der Waals surface area contributed by atoms with Crippen molar-refractivity contribution in [2.45, 2.75) is 24.3 Å². The molecule has 0 bridgehead atoms. The number of sulfonamides is 1. The molecule has 2 aromatic heterocycles. The van der Waals surface area contributed by atoms with Crippen LogP contribution in [0.5, 0.6) is 0 Å². The molecule has 3 rings (SSSR count). The Morgan fingerprint density at radius 3 is 2.86 bits per heavy atom. The second-order valence-corrected chi connectivity index (χ2v) is 7.14. The maximum atomic E-state index is 12.7. The molecule has 1 saturated heterocycles. The van der Waals surface area contributed by atoms with Crippen LogP contribution in [0, 0.1) is 5.92 Å². The molecule has 114 valence electrons. The van der Waals surface area contributed by atoms with Crippen molar-refractivity contribution in [3.8, 4) is 0 Å². The van der Waals surface area contributed by atoms with Crippen LogP contribution in [0.2, 0.25) is 0 Å². The first-order valence-corrected chi connectivity index (χ1v) is 8.47. The summed E-state index contributed by atoms with van der Waals surface area (Å²) in [6.07, 6.45) is 3.89. The molecule has 1 aliphatic heterocycles. The van der Waals surface area contributed by atoms with E-state index in [0.29, 0.717) is 30.0 Å². The molecule has 0 aromatic carbocycles. The first kappa shape index (κ1) is 14.4. The van der Waals surface area contributed by atoms with Crippen molar-refractivity contribution in [1.82, 2.24) is 19.5 Å². The van der Waals surface area contributed by atoms with E-state index in [-0.39, 0.29) is 11.6 Å². The number of hydrogen-bond donors (Lipinski definition) is 2. The standard InChI is InChI=1S/C13H18N4O3S/c18-9-5-10-3-7-17(8-4-10)21(19,20)13-11-2-1-6-14-12(11)15-16-13/h1-2,6,10,18H,3-5,7-9H2,(H,14,15,16). The number of nitrogens with one attached hydrogen (secondary N) is 1. The molecule has 7 nitrogen and oxygen atoms in total. The lowest BCUT2D eigenvalue weighted by molar-refractivity contribution is 0.208. The summed E-state index contributed by atoms with van der Waals surface area (Å²) in [7, 11) is -3.60. The van der Waals surface area contributed by atoms with Gasteiger partial charge in [-0.2, -0.15) is 9.40 Å². The van der Waals surface area contributed by atoms with Gasteiger partial charge in [0.15, 0.2) is 5.65 Å². The van der Waals surface area contributed by atoms with Crippen LogP contribution >= 0.6 is 0 Å². The van der Waals surface area contributed by atoms with Gasteiger partial charge < -0.3 is 5.11 Å². The number of aliphatic hydroxyl groups is 1. The van der Waals surface area contributed by atoms with Crippen LogP contribution in [0.15, 0.2) is 23.4 Å². The first-order valence-electron chi connectivity index (χ1n) is 7.03. The molecule has 2 aromatic rings. The quantitative estimate of drug-likeness (QED) is 0.868. The highest BCUT2D eigenvalue weighted by Crippen LogP contribution is 2.27. The molecule has 8 heteroatoms. The van der Waals surface area contributed by atoms with Crippen LogP contribution in [0.1, 0.15) is 19.3 Å². The maximum Gasteiger partial charge on any atom is 0.263 e. The minimum Gasteiger partial charge on any atom is -0.396 e. The fourth-order valence-corrected chi connectivity index (χ4v) is 4.31. The Bertz CT molecular complexity index is 720. The SMILES string of the molecule is O=S(=O)(c1n[nH]c2ncccc12)N1CCC(CCO)CC1. The highest BCUT2D eigenvalue weighted by atomic mass is 32.2. The molecule has 1 aliphatic rings. The van der Waals surface area contributed by atoms with Crippen molar-refractivity contribution in [3.05, 3.63) is 18.3 Å². The van der Waals surface area contributed by atoms with Gasteiger partial charge in [0.2, 0.25) is 5.03 Å². The van der Waals surface area contributed by atoms with E-state index in [9.17, 15) is 8.42 Å². The van der Waals surface area contributed by atoms with Crippen LogP contribution in [0.3, 0.4) is 0 Å². The molecular weight excluding hydrogens is 292 g/mol. The molecule has 0 unspecified atom stereocenters. The van der Waals surface area contributed by atoms with Gasteiger partial charge in [0.05, 0.1) is 5.39 Å². The zero-order valence-corrected chi connectivity index (χ0v) is 12.4. The van der Waals surface area contributed by atoms with Crippen LogP contribution in [0.4, 0.5) is 0 Å². The Labute approximate surface area is 123 Å². The van der Waals surface area contributed by atoms with Crippen LogP contribution in [0.25, 0.3) is 11.0 Å². The third kappa shape index (κ3) is 2.66. The van der Waals surface area contributed by atoms with E-state index in [1.807, 2.05) is 0 Å². The predicted octanol–water partition coefficient (Wildman–Crippen LogP) is 0.741. The van der Waals surface area contributed by atoms with Crippen molar-refractivity contribution >= 4 is 21.1 Å². The van der Waals surface area contributed by atoms with Gasteiger partial charge in [-0.25, -0.2) is 13.4 Å². The van der Waals surface area contributed by atoms with Gasteiger partial charge in [0.1, 0.15) is 0 Å². The van der Waals surface area contributed by atoms with Crippen molar-refractivity contribution in [2.75, 3.05) is 19.7 Å². The number of piperidine rings is 1. The van der Waals surface area contributed by atoms with E-state index in [1.54, 1.807) is 18.3 Å². The van der Waals surface area contributed by atoms with Crippen LogP contribution < -0.4 is 0 Å². The first-order chi connectivity index (χ1) is 10.1. The number of fused-ring (bicyclic) bond motifs is 1. The Balaban J connectivity index is 1.85. The molecule has 21 heavy (non-hydrogen) atoms. The number of H-pyrrole nitrogens is 1. The van der Waals surface area contributed by atoms with Gasteiger partial charge in [-0.1, -0.05) is 0 Å². The van der Waals surface area contributed by atoms with Gasteiger partial charge in [0.25, 0.3) is 10.0 Å². The normalized spacial score (nSPS) is 18.3. The topological polar surface area (TPSA) is 99.2 Å². The zero-order chi connectivity index (χ0) is 14.9. The number of rotatable bonds is 4. The molecule has 0 amide bonds. The number of hydrogen-bond acceptors (Lipinski definition) is 5. The Kier molecular flexibility index (Phi) is 3.92. The van der Waals surface area contributed by atoms with Crippen molar-refractivity contribution < 1.29 is 13.5 Å². The highest BCUT2D eigenvalue weighted by Gasteiger charge is 2.32. The van der Waals surface area contributed by atoms with Gasteiger partial charge >= 0.3 is 0 Å². The average Bonchev–Trinajstić information content (AvgIpc) is 2.93. The van der Waals surface area contributed by atoms with Gasteiger partial charge in [0, 0.05) is 25.9 Å².